The van der Waals surface area contributed by atoms with Crippen molar-refractivity contribution >= 4 is 15.9 Å². The number of aliphatic hydroxyl groups is 1. The van der Waals surface area contributed by atoms with Crippen LogP contribution in [0.4, 0.5) is 0 Å². The molecule has 1 fully saturated rings. The van der Waals surface area contributed by atoms with Crippen molar-refractivity contribution in [2.75, 3.05) is 33.6 Å². The second kappa shape index (κ2) is 13.4. The second-order valence-corrected chi connectivity index (χ2v) is 14.0. The molecule has 1 aliphatic carbocycles. The van der Waals surface area contributed by atoms with Crippen LogP contribution in [0.2, 0.25) is 0 Å². The zero-order chi connectivity index (χ0) is 33.3. The molecule has 0 spiro atoms. The fourth-order valence-corrected chi connectivity index (χ4v) is 7.53. The highest BCUT2D eigenvalue weighted by atomic mass is 32.2. The third-order valence-corrected chi connectivity index (χ3v) is 10.3. The number of methoxy groups -OCH3 is 2. The van der Waals surface area contributed by atoms with Gasteiger partial charge >= 0.3 is 0 Å². The molecule has 1 aliphatic heterocycles. The van der Waals surface area contributed by atoms with E-state index in [0.717, 1.165) is 63.9 Å². The molecule has 0 unspecified atom stereocenters. The van der Waals surface area contributed by atoms with Crippen molar-refractivity contribution < 1.29 is 23.0 Å². The summed E-state index contributed by atoms with van der Waals surface area (Å²) < 4.78 is 37.4. The number of amidine groups is 1. The predicted molar refractivity (Wildman–Crippen MR) is 184 cm³/mol. The number of pyridine rings is 2. The zero-order valence-electron chi connectivity index (χ0n) is 27.4. The molecule has 0 saturated heterocycles. The molecule has 10 nitrogen and oxygen atoms in total. The molecule has 4 aromatic rings. The predicted octanol–water partition coefficient (Wildman–Crippen LogP) is 5.14. The number of hydrogen-bond donors (Lipinski definition) is 2. The number of hydrogen-bond acceptors (Lipinski definition) is 9. The van der Waals surface area contributed by atoms with Gasteiger partial charge in [0.15, 0.2) is 0 Å². The Morgan fingerprint density at radius 3 is 2.00 bits per heavy atom. The first-order valence-corrected chi connectivity index (χ1v) is 17.7. The molecule has 0 bridgehead atoms. The summed E-state index contributed by atoms with van der Waals surface area (Å²) in [5.74, 6) is 1.23. The molecule has 47 heavy (non-hydrogen) atoms. The molecule has 2 N–H and O–H groups in total. The van der Waals surface area contributed by atoms with E-state index in [2.05, 4.69) is 42.4 Å². The van der Waals surface area contributed by atoms with Gasteiger partial charge in [-0.25, -0.2) is 18.4 Å². The maximum Gasteiger partial charge on any atom is 0.233 e. The van der Waals surface area contributed by atoms with E-state index in [4.69, 9.17) is 19.4 Å². The van der Waals surface area contributed by atoms with Crippen LogP contribution in [0.3, 0.4) is 0 Å². The van der Waals surface area contributed by atoms with Gasteiger partial charge in [-0.05, 0) is 73.6 Å². The van der Waals surface area contributed by atoms with Gasteiger partial charge in [0, 0.05) is 29.3 Å². The SMILES string of the molecule is COc1nc(-c2cccc(-c3cccc(-c4ccc(C5=NCCN5S(C)(=O)=O)c(OC)n4)c3C)c2C)ccc1CN[C@@H]1CCC[C@@H]1O. The summed E-state index contributed by atoms with van der Waals surface area (Å²) in [7, 11) is -0.312. The van der Waals surface area contributed by atoms with Crippen molar-refractivity contribution in [3.8, 4) is 45.4 Å². The van der Waals surface area contributed by atoms with Gasteiger partial charge in [-0.2, -0.15) is 0 Å². The summed E-state index contributed by atoms with van der Waals surface area (Å²) in [4.78, 5) is 14.1. The zero-order valence-corrected chi connectivity index (χ0v) is 28.3. The number of nitrogens with one attached hydrogen (secondary N) is 1. The van der Waals surface area contributed by atoms with Gasteiger partial charge < -0.3 is 19.9 Å². The van der Waals surface area contributed by atoms with Crippen molar-refractivity contribution in [3.05, 3.63) is 82.9 Å². The summed E-state index contributed by atoms with van der Waals surface area (Å²) >= 11 is 0. The summed E-state index contributed by atoms with van der Waals surface area (Å²) in [6.07, 6.45) is 3.71. The first kappa shape index (κ1) is 32.6. The fourth-order valence-electron chi connectivity index (χ4n) is 6.65. The molecule has 3 heterocycles. The molecule has 2 aromatic carbocycles. The van der Waals surface area contributed by atoms with Crippen molar-refractivity contribution in [3.63, 3.8) is 0 Å². The quantitative estimate of drug-likeness (QED) is 0.241. The first-order chi connectivity index (χ1) is 22.6. The summed E-state index contributed by atoms with van der Waals surface area (Å²) in [6, 6.07) is 20.3. The number of ether oxygens (including phenoxy) is 2. The van der Waals surface area contributed by atoms with Crippen LogP contribution in [-0.2, 0) is 16.6 Å². The maximum atomic E-state index is 12.4. The third kappa shape index (κ3) is 6.47. The fraction of sp³-hybridized carbons (Fsp3) is 0.361. The van der Waals surface area contributed by atoms with Gasteiger partial charge in [-0.1, -0.05) is 42.5 Å². The molecule has 2 aliphatic rings. The monoisotopic (exact) mass is 655 g/mol. The van der Waals surface area contributed by atoms with Crippen molar-refractivity contribution in [1.82, 2.24) is 19.6 Å². The van der Waals surface area contributed by atoms with Crippen LogP contribution in [0.5, 0.6) is 11.8 Å². The van der Waals surface area contributed by atoms with Gasteiger partial charge in [0.05, 0.1) is 56.6 Å². The minimum atomic E-state index is -3.48. The van der Waals surface area contributed by atoms with E-state index in [0.29, 0.717) is 48.5 Å². The van der Waals surface area contributed by atoms with E-state index < -0.39 is 10.0 Å². The van der Waals surface area contributed by atoms with E-state index in [-0.39, 0.29) is 12.1 Å². The Hall–Kier alpha value is -4.32. The van der Waals surface area contributed by atoms with Gasteiger partial charge in [0.25, 0.3) is 0 Å². The van der Waals surface area contributed by atoms with Gasteiger partial charge in [0.2, 0.25) is 21.8 Å². The van der Waals surface area contributed by atoms with Crippen molar-refractivity contribution in [2.45, 2.75) is 51.8 Å². The summed E-state index contributed by atoms with van der Waals surface area (Å²) in [5, 5.41) is 13.7. The molecule has 11 heteroatoms. The van der Waals surface area contributed by atoms with Gasteiger partial charge in [0.1, 0.15) is 5.84 Å². The van der Waals surface area contributed by atoms with E-state index in [9.17, 15) is 13.5 Å². The third-order valence-electron chi connectivity index (χ3n) is 9.17. The molecule has 0 radical (unpaired) electrons. The Labute approximate surface area is 276 Å². The Morgan fingerprint density at radius 1 is 0.830 bits per heavy atom. The molecule has 0 amide bonds. The Bertz CT molecular complexity index is 1940. The molecule has 1 saturated carbocycles. The Balaban J connectivity index is 1.31. The summed E-state index contributed by atoms with van der Waals surface area (Å²) in [5.41, 5.74) is 9.25. The van der Waals surface area contributed by atoms with Crippen molar-refractivity contribution in [1.29, 1.82) is 0 Å². The standard InChI is InChI=1S/C36H41N5O5S/c1-22-25(9-6-11-27(22)30-17-15-24(35(39-30)45-3)21-38-32-13-8-14-33(32)42)26-10-7-12-28(23(26)2)31-18-16-29(36(40-31)46-4)34-37-19-20-41(34)47(5,43)44/h6-7,9-12,15-18,32-33,38,42H,8,13-14,19-21H2,1-5H3/t32-,33+/m1/s1. The lowest BCUT2D eigenvalue weighted by molar-refractivity contribution is 0.148. The Kier molecular flexibility index (Phi) is 9.32. The first-order valence-electron chi connectivity index (χ1n) is 15.8. The van der Waals surface area contributed by atoms with Crippen LogP contribution < -0.4 is 14.8 Å². The largest absolute Gasteiger partial charge is 0.481 e. The highest BCUT2D eigenvalue weighted by molar-refractivity contribution is 7.88. The number of aliphatic imine (C=N–C) groups is 1. The molecule has 6 rings (SSSR count). The maximum absolute atomic E-state index is 12.4. The normalized spacial score (nSPS) is 18.0. The lowest BCUT2D eigenvalue weighted by Crippen LogP contribution is -2.35. The number of aromatic nitrogens is 2. The molecule has 2 atom stereocenters. The highest BCUT2D eigenvalue weighted by Crippen LogP contribution is 2.37. The molecular weight excluding hydrogens is 614 g/mol. The van der Waals surface area contributed by atoms with E-state index in [1.165, 1.54) is 17.7 Å². The number of nitrogens with zero attached hydrogens (tertiary/aromatic N) is 4. The minimum absolute atomic E-state index is 0.0958. The second-order valence-electron chi connectivity index (χ2n) is 12.1. The molecular formula is C36H41N5O5S. The average Bonchev–Trinajstić information content (AvgIpc) is 3.73. The minimum Gasteiger partial charge on any atom is -0.481 e. The van der Waals surface area contributed by atoms with Gasteiger partial charge in [-0.3, -0.25) is 9.30 Å². The lowest BCUT2D eigenvalue weighted by Gasteiger charge is -2.20. The van der Waals surface area contributed by atoms with Crippen LogP contribution in [0.1, 0.15) is 41.5 Å². The van der Waals surface area contributed by atoms with Crippen molar-refractivity contribution in [2.24, 2.45) is 4.99 Å². The van der Waals surface area contributed by atoms with Gasteiger partial charge in [-0.15, -0.1) is 0 Å². The van der Waals surface area contributed by atoms with E-state index in [1.54, 1.807) is 7.11 Å². The van der Waals surface area contributed by atoms with Crippen LogP contribution in [0.15, 0.2) is 65.7 Å². The van der Waals surface area contributed by atoms with Crippen LogP contribution in [0, 0.1) is 13.8 Å². The van der Waals surface area contributed by atoms with E-state index >= 15 is 0 Å². The molecule has 2 aromatic heterocycles. The average molecular weight is 656 g/mol. The van der Waals surface area contributed by atoms with E-state index in [1.807, 2.05) is 42.5 Å². The Morgan fingerprint density at radius 2 is 1.43 bits per heavy atom. The smallest absolute Gasteiger partial charge is 0.233 e. The number of benzene rings is 2. The summed E-state index contributed by atoms with van der Waals surface area (Å²) in [6.45, 7) is 5.45. The number of rotatable bonds is 10. The van der Waals surface area contributed by atoms with Crippen LogP contribution in [-0.4, -0.2) is 79.3 Å². The van der Waals surface area contributed by atoms with Crippen LogP contribution >= 0.6 is 0 Å². The topological polar surface area (TPSA) is 126 Å². The number of sulfonamides is 1. The lowest BCUT2D eigenvalue weighted by atomic mass is 9.89. The highest BCUT2D eigenvalue weighted by Gasteiger charge is 2.29. The van der Waals surface area contributed by atoms with Crippen LogP contribution in [0.25, 0.3) is 33.6 Å². The number of aliphatic hydroxyl groups excluding tert-OH is 1. The molecule has 246 valence electrons.